The van der Waals surface area contributed by atoms with Gasteiger partial charge in [0.2, 0.25) is 0 Å². The van der Waals surface area contributed by atoms with Gasteiger partial charge in [-0.2, -0.15) is 0 Å². The van der Waals surface area contributed by atoms with Crippen molar-refractivity contribution in [2.45, 2.75) is 32.1 Å². The molecule has 0 saturated heterocycles. The van der Waals surface area contributed by atoms with E-state index in [0.717, 1.165) is 32.5 Å². The van der Waals surface area contributed by atoms with Crippen LogP contribution in [0.1, 0.15) is 32.1 Å². The molecule has 0 aliphatic carbocycles. The van der Waals surface area contributed by atoms with Gasteiger partial charge in [-0.15, -0.1) is 0 Å². The number of hydrogen-bond donors (Lipinski definition) is 2. The summed E-state index contributed by atoms with van der Waals surface area (Å²) in [5.41, 5.74) is 5.44. The van der Waals surface area contributed by atoms with Gasteiger partial charge in [-0.1, -0.05) is 12.8 Å². The molecule has 0 spiro atoms. The molecule has 0 aromatic carbocycles. The number of nitrogens with two attached hydrogens (primary N) is 1. The van der Waals surface area contributed by atoms with Crippen LogP contribution in [0.3, 0.4) is 0 Å². The minimum absolute atomic E-state index is 0.571. The summed E-state index contributed by atoms with van der Waals surface area (Å²) in [6.07, 6.45) is 5.71. The van der Waals surface area contributed by atoms with Crippen LogP contribution < -0.4 is 11.1 Å². The molecule has 0 saturated carbocycles. The Bertz CT molecular complexity index is 186. The van der Waals surface area contributed by atoms with E-state index in [1.54, 1.807) is 21.3 Å². The van der Waals surface area contributed by atoms with E-state index < -0.39 is 9.05 Å². The number of rotatable bonds is 14. The second-order valence-electron chi connectivity index (χ2n) is 4.27. The Labute approximate surface area is 118 Å². The van der Waals surface area contributed by atoms with E-state index >= 15 is 0 Å². The molecule has 0 unspecified atom stereocenters. The Hall–Kier alpha value is -0.0231. The first-order valence-electron chi connectivity index (χ1n) is 6.95. The van der Waals surface area contributed by atoms with Crippen molar-refractivity contribution in [2.24, 2.45) is 5.73 Å². The SMILES string of the molecule is CO[Si](OC)(OC)OCCCNCCCCCCN. The molecule has 116 valence electrons. The molecule has 19 heavy (non-hydrogen) atoms. The lowest BCUT2D eigenvalue weighted by Gasteiger charge is -2.22. The summed E-state index contributed by atoms with van der Waals surface area (Å²) in [4.78, 5) is 0. The average molecular weight is 294 g/mol. The molecular weight excluding hydrogens is 264 g/mol. The molecule has 0 aliphatic heterocycles. The quantitative estimate of drug-likeness (QED) is 0.366. The third-order valence-corrected chi connectivity index (χ3v) is 4.89. The minimum atomic E-state index is -2.85. The molecule has 0 radical (unpaired) electrons. The highest BCUT2D eigenvalue weighted by Gasteiger charge is 2.41. The Morgan fingerprint density at radius 1 is 0.842 bits per heavy atom. The Balaban J connectivity index is 3.35. The van der Waals surface area contributed by atoms with Gasteiger partial charge in [-0.3, -0.25) is 0 Å². The van der Waals surface area contributed by atoms with Crippen LogP contribution >= 0.6 is 0 Å². The number of nitrogens with one attached hydrogen (secondary N) is 1. The molecule has 0 aliphatic rings. The zero-order chi connectivity index (χ0) is 14.4. The largest absolute Gasteiger partial charge is 0.678 e. The van der Waals surface area contributed by atoms with Crippen LogP contribution in [0.5, 0.6) is 0 Å². The van der Waals surface area contributed by atoms with Crippen molar-refractivity contribution >= 4 is 9.05 Å². The van der Waals surface area contributed by atoms with E-state index in [9.17, 15) is 0 Å². The van der Waals surface area contributed by atoms with Gasteiger partial charge in [0.25, 0.3) is 0 Å². The topological polar surface area (TPSA) is 75.0 Å². The fourth-order valence-corrected chi connectivity index (χ4v) is 2.94. The van der Waals surface area contributed by atoms with Gasteiger partial charge in [-0.05, 0) is 38.9 Å². The molecule has 7 heteroatoms. The van der Waals surface area contributed by atoms with E-state index in [-0.39, 0.29) is 0 Å². The molecule has 0 heterocycles. The second-order valence-corrected chi connectivity index (χ2v) is 6.78. The van der Waals surface area contributed by atoms with Crippen LogP contribution in [0.15, 0.2) is 0 Å². The Morgan fingerprint density at radius 3 is 2.00 bits per heavy atom. The highest BCUT2D eigenvalue weighted by atomic mass is 28.4. The second kappa shape index (κ2) is 13.0. The van der Waals surface area contributed by atoms with Crippen molar-refractivity contribution in [2.75, 3.05) is 47.6 Å². The summed E-state index contributed by atoms with van der Waals surface area (Å²) in [6, 6.07) is 0. The van der Waals surface area contributed by atoms with E-state index in [1.807, 2.05) is 0 Å². The van der Waals surface area contributed by atoms with E-state index in [0.29, 0.717) is 6.61 Å². The minimum Gasteiger partial charge on any atom is -0.355 e. The van der Waals surface area contributed by atoms with Gasteiger partial charge in [0.1, 0.15) is 0 Å². The molecule has 0 aromatic heterocycles. The highest BCUT2D eigenvalue weighted by molar-refractivity contribution is 6.53. The molecule has 0 aromatic rings. The summed E-state index contributed by atoms with van der Waals surface area (Å²) >= 11 is 0. The predicted octanol–water partition coefficient (Wildman–Crippen LogP) is 0.877. The fraction of sp³-hybridized carbons (Fsp3) is 1.00. The van der Waals surface area contributed by atoms with Gasteiger partial charge in [0.05, 0.1) is 0 Å². The van der Waals surface area contributed by atoms with Gasteiger partial charge in [0.15, 0.2) is 0 Å². The summed E-state index contributed by atoms with van der Waals surface area (Å²) in [6.45, 7) is 3.35. The maximum absolute atomic E-state index is 5.56. The molecule has 0 bridgehead atoms. The van der Waals surface area contributed by atoms with Crippen LogP contribution in [0, 0.1) is 0 Å². The fourth-order valence-electron chi connectivity index (χ4n) is 1.69. The molecule has 0 fully saturated rings. The lowest BCUT2D eigenvalue weighted by Crippen LogP contribution is -2.46. The van der Waals surface area contributed by atoms with Crippen molar-refractivity contribution in [1.82, 2.24) is 5.32 Å². The first kappa shape index (κ1) is 19.0. The molecule has 6 nitrogen and oxygen atoms in total. The van der Waals surface area contributed by atoms with Crippen LogP contribution in [-0.4, -0.2) is 56.6 Å². The molecule has 3 N–H and O–H groups in total. The third-order valence-electron chi connectivity index (χ3n) is 2.83. The summed E-state index contributed by atoms with van der Waals surface area (Å²) in [7, 11) is 1.77. The Morgan fingerprint density at radius 2 is 1.42 bits per heavy atom. The van der Waals surface area contributed by atoms with E-state index in [4.69, 9.17) is 23.4 Å². The van der Waals surface area contributed by atoms with Crippen molar-refractivity contribution in [1.29, 1.82) is 0 Å². The van der Waals surface area contributed by atoms with E-state index in [1.165, 1.54) is 19.3 Å². The van der Waals surface area contributed by atoms with Crippen molar-refractivity contribution < 1.29 is 17.7 Å². The predicted molar refractivity (Wildman–Crippen MR) is 77.7 cm³/mol. The molecule has 0 atom stereocenters. The van der Waals surface area contributed by atoms with Gasteiger partial charge in [-0.25, -0.2) is 0 Å². The van der Waals surface area contributed by atoms with Crippen molar-refractivity contribution in [3.63, 3.8) is 0 Å². The van der Waals surface area contributed by atoms with Crippen molar-refractivity contribution in [3.8, 4) is 0 Å². The zero-order valence-corrected chi connectivity index (χ0v) is 13.6. The molecule has 0 rings (SSSR count). The average Bonchev–Trinajstić information content (AvgIpc) is 2.46. The standard InChI is InChI=1S/C12H30N2O4Si/c1-15-19(16-2,17-3)18-12-8-11-14-10-7-5-4-6-9-13/h14H,4-13H2,1-3H3. The molecular formula is C12H30N2O4Si. The lowest BCUT2D eigenvalue weighted by molar-refractivity contribution is 0.00548. The maximum Gasteiger partial charge on any atom is 0.678 e. The van der Waals surface area contributed by atoms with Gasteiger partial charge in [0, 0.05) is 27.9 Å². The van der Waals surface area contributed by atoms with E-state index in [2.05, 4.69) is 5.32 Å². The van der Waals surface area contributed by atoms with Crippen LogP contribution in [-0.2, 0) is 17.7 Å². The highest BCUT2D eigenvalue weighted by Crippen LogP contribution is 2.07. The lowest BCUT2D eigenvalue weighted by atomic mass is 10.2. The Kier molecular flexibility index (Phi) is 13.0. The summed E-state index contributed by atoms with van der Waals surface area (Å²) < 4.78 is 21.0. The van der Waals surface area contributed by atoms with Crippen LogP contribution in [0.4, 0.5) is 0 Å². The summed E-state index contributed by atoms with van der Waals surface area (Å²) in [5, 5.41) is 3.38. The maximum atomic E-state index is 5.56. The number of hydrogen-bond acceptors (Lipinski definition) is 6. The first-order chi connectivity index (χ1) is 9.24. The summed E-state index contributed by atoms with van der Waals surface area (Å²) in [5.74, 6) is 0. The third kappa shape index (κ3) is 9.50. The monoisotopic (exact) mass is 294 g/mol. The van der Waals surface area contributed by atoms with Gasteiger partial charge >= 0.3 is 9.05 Å². The van der Waals surface area contributed by atoms with Crippen LogP contribution in [0.2, 0.25) is 0 Å². The smallest absolute Gasteiger partial charge is 0.355 e. The normalized spacial score (nSPS) is 12.0. The zero-order valence-electron chi connectivity index (χ0n) is 12.6. The first-order valence-corrected chi connectivity index (χ1v) is 8.58. The number of unbranched alkanes of at least 4 members (excludes halogenated alkanes) is 3. The van der Waals surface area contributed by atoms with Crippen LogP contribution in [0.25, 0.3) is 0 Å². The van der Waals surface area contributed by atoms with Gasteiger partial charge < -0.3 is 28.8 Å². The molecule has 0 amide bonds. The van der Waals surface area contributed by atoms with Crippen molar-refractivity contribution in [3.05, 3.63) is 0 Å².